The lowest BCUT2D eigenvalue weighted by atomic mass is 9.94. The van der Waals surface area contributed by atoms with E-state index in [1.807, 2.05) is 35.2 Å². The first-order chi connectivity index (χ1) is 14.1. The summed E-state index contributed by atoms with van der Waals surface area (Å²) in [4.78, 5) is 31.8. The zero-order valence-electron chi connectivity index (χ0n) is 16.2. The minimum absolute atomic E-state index is 0.0371. The smallest absolute Gasteiger partial charge is 0.257 e. The second-order valence-corrected chi connectivity index (χ2v) is 6.98. The van der Waals surface area contributed by atoms with Gasteiger partial charge in [-0.05, 0) is 31.9 Å². The van der Waals surface area contributed by atoms with Gasteiger partial charge in [0.25, 0.3) is 5.91 Å². The van der Waals surface area contributed by atoms with Gasteiger partial charge in [-0.2, -0.15) is 0 Å². The maximum Gasteiger partial charge on any atom is 0.257 e. The predicted octanol–water partition coefficient (Wildman–Crippen LogP) is 2.97. The first kappa shape index (κ1) is 18.8. The summed E-state index contributed by atoms with van der Waals surface area (Å²) in [6, 6.07) is 9.49. The highest BCUT2D eigenvalue weighted by atomic mass is 16.5. The van der Waals surface area contributed by atoms with Crippen LogP contribution in [0.4, 0.5) is 5.95 Å². The molecule has 2 aromatic heterocycles. The van der Waals surface area contributed by atoms with Crippen LogP contribution in [-0.4, -0.2) is 43.8 Å². The molecule has 0 bridgehead atoms. The van der Waals surface area contributed by atoms with Crippen molar-refractivity contribution >= 4 is 11.9 Å². The molecular formula is C21H22N6O2. The van der Waals surface area contributed by atoms with Crippen molar-refractivity contribution in [3.05, 3.63) is 65.9 Å². The minimum atomic E-state index is -0.0957. The average Bonchev–Trinajstić information content (AvgIpc) is 2.75. The molecule has 8 nitrogen and oxygen atoms in total. The third-order valence-electron chi connectivity index (χ3n) is 4.97. The van der Waals surface area contributed by atoms with E-state index in [0.717, 1.165) is 18.5 Å². The summed E-state index contributed by atoms with van der Waals surface area (Å²) in [7, 11) is 0. The predicted molar refractivity (Wildman–Crippen MR) is 108 cm³/mol. The summed E-state index contributed by atoms with van der Waals surface area (Å²) in [5.74, 6) is 1.28. The molecule has 0 unspecified atom stereocenters. The summed E-state index contributed by atoms with van der Waals surface area (Å²) in [6.45, 7) is 2.97. The molecule has 0 radical (unpaired) electrons. The van der Waals surface area contributed by atoms with Gasteiger partial charge in [-0.25, -0.2) is 15.0 Å². The number of nitrogens with two attached hydrogens (primary N) is 1. The number of carbonyl (C=O) groups excluding carboxylic acids is 1. The molecule has 1 atom stereocenters. The molecule has 0 aliphatic carbocycles. The van der Waals surface area contributed by atoms with Gasteiger partial charge in [0, 0.05) is 37.6 Å². The third kappa shape index (κ3) is 4.16. The van der Waals surface area contributed by atoms with E-state index in [9.17, 15) is 4.79 Å². The number of aryl methyl sites for hydroxylation is 1. The number of hydrogen-bond acceptors (Lipinski definition) is 7. The van der Waals surface area contributed by atoms with E-state index >= 15 is 0 Å². The fourth-order valence-corrected chi connectivity index (χ4v) is 3.54. The number of aromatic nitrogens is 4. The molecule has 29 heavy (non-hydrogen) atoms. The molecule has 3 aromatic rings. The Balaban J connectivity index is 1.55. The van der Waals surface area contributed by atoms with Gasteiger partial charge in [-0.15, -0.1) is 0 Å². The van der Waals surface area contributed by atoms with Crippen LogP contribution in [0.15, 0.2) is 48.9 Å². The van der Waals surface area contributed by atoms with Crippen molar-refractivity contribution in [1.82, 2.24) is 24.8 Å². The zero-order valence-corrected chi connectivity index (χ0v) is 16.2. The van der Waals surface area contributed by atoms with Crippen LogP contribution in [0.3, 0.4) is 0 Å². The van der Waals surface area contributed by atoms with Crippen molar-refractivity contribution < 1.29 is 9.53 Å². The number of amides is 1. The Kier molecular flexibility index (Phi) is 5.33. The molecule has 1 saturated heterocycles. The molecule has 1 fully saturated rings. The average molecular weight is 390 g/mol. The van der Waals surface area contributed by atoms with Crippen molar-refractivity contribution in [3.63, 3.8) is 0 Å². The van der Waals surface area contributed by atoms with Crippen LogP contribution < -0.4 is 10.5 Å². The fourth-order valence-electron chi connectivity index (χ4n) is 3.54. The normalized spacial score (nSPS) is 16.4. The Labute approximate surface area is 168 Å². The summed E-state index contributed by atoms with van der Waals surface area (Å²) < 4.78 is 5.96. The van der Waals surface area contributed by atoms with Crippen LogP contribution in [0.5, 0.6) is 11.6 Å². The summed E-state index contributed by atoms with van der Waals surface area (Å²) in [5, 5.41) is 0. The Morgan fingerprint density at radius 2 is 1.97 bits per heavy atom. The summed E-state index contributed by atoms with van der Waals surface area (Å²) in [6.07, 6.45) is 6.54. The van der Waals surface area contributed by atoms with Gasteiger partial charge < -0.3 is 15.4 Å². The number of rotatable bonds is 4. The van der Waals surface area contributed by atoms with E-state index in [1.165, 1.54) is 6.20 Å². The molecule has 1 aliphatic rings. The number of carbonyl (C=O) groups is 1. The van der Waals surface area contributed by atoms with Crippen LogP contribution >= 0.6 is 0 Å². The lowest BCUT2D eigenvalue weighted by Gasteiger charge is -2.33. The van der Waals surface area contributed by atoms with Crippen LogP contribution in [0.2, 0.25) is 0 Å². The van der Waals surface area contributed by atoms with Crippen molar-refractivity contribution in [2.24, 2.45) is 0 Å². The van der Waals surface area contributed by atoms with Crippen molar-refractivity contribution in [2.45, 2.75) is 25.7 Å². The van der Waals surface area contributed by atoms with Gasteiger partial charge >= 0.3 is 0 Å². The number of likely N-dealkylation sites (tertiary alicyclic amines) is 1. The SMILES string of the molecule is Cc1nc(N)ncc1C(=O)N1CCC[C@@H](c2nccnc2Oc2ccccc2)C1. The Hall–Kier alpha value is -3.55. The van der Waals surface area contributed by atoms with Crippen molar-refractivity contribution in [1.29, 1.82) is 0 Å². The number of anilines is 1. The first-order valence-corrected chi connectivity index (χ1v) is 9.54. The van der Waals surface area contributed by atoms with Crippen LogP contribution in [0, 0.1) is 6.92 Å². The van der Waals surface area contributed by atoms with Gasteiger partial charge in [-0.1, -0.05) is 18.2 Å². The van der Waals surface area contributed by atoms with Gasteiger partial charge in [0.15, 0.2) is 0 Å². The second-order valence-electron chi connectivity index (χ2n) is 6.98. The van der Waals surface area contributed by atoms with Gasteiger partial charge in [0.05, 0.1) is 11.3 Å². The molecule has 0 saturated carbocycles. The monoisotopic (exact) mass is 390 g/mol. The lowest BCUT2D eigenvalue weighted by molar-refractivity contribution is 0.0703. The quantitative estimate of drug-likeness (QED) is 0.730. The highest BCUT2D eigenvalue weighted by Crippen LogP contribution is 2.33. The zero-order chi connectivity index (χ0) is 20.2. The molecule has 148 valence electrons. The molecule has 3 heterocycles. The highest BCUT2D eigenvalue weighted by molar-refractivity contribution is 5.95. The fraction of sp³-hybridized carbons (Fsp3) is 0.286. The van der Waals surface area contributed by atoms with Gasteiger partial charge in [-0.3, -0.25) is 9.78 Å². The number of piperidine rings is 1. The van der Waals surface area contributed by atoms with E-state index in [-0.39, 0.29) is 17.8 Å². The second kappa shape index (κ2) is 8.22. The number of para-hydroxylation sites is 1. The minimum Gasteiger partial charge on any atom is -0.437 e. The lowest BCUT2D eigenvalue weighted by Crippen LogP contribution is -2.39. The van der Waals surface area contributed by atoms with Gasteiger partial charge in [0.1, 0.15) is 11.4 Å². The van der Waals surface area contributed by atoms with E-state index in [0.29, 0.717) is 36.0 Å². The highest BCUT2D eigenvalue weighted by Gasteiger charge is 2.29. The molecule has 1 aromatic carbocycles. The van der Waals surface area contributed by atoms with Crippen LogP contribution in [0.25, 0.3) is 0 Å². The summed E-state index contributed by atoms with van der Waals surface area (Å²) >= 11 is 0. The van der Waals surface area contributed by atoms with E-state index in [2.05, 4.69) is 19.9 Å². The van der Waals surface area contributed by atoms with E-state index in [1.54, 1.807) is 19.3 Å². The largest absolute Gasteiger partial charge is 0.437 e. The number of nitrogen functional groups attached to an aromatic ring is 1. The van der Waals surface area contributed by atoms with Crippen molar-refractivity contribution in [3.8, 4) is 11.6 Å². The summed E-state index contributed by atoms with van der Waals surface area (Å²) in [5.41, 5.74) is 7.42. The van der Waals surface area contributed by atoms with Crippen molar-refractivity contribution in [2.75, 3.05) is 18.8 Å². The van der Waals surface area contributed by atoms with E-state index < -0.39 is 0 Å². The van der Waals surface area contributed by atoms with Gasteiger partial charge in [0.2, 0.25) is 11.8 Å². The Morgan fingerprint density at radius 3 is 2.76 bits per heavy atom. The Bertz CT molecular complexity index is 1010. The molecule has 0 spiro atoms. The molecular weight excluding hydrogens is 368 g/mol. The van der Waals surface area contributed by atoms with E-state index in [4.69, 9.17) is 10.5 Å². The number of ether oxygens (including phenoxy) is 1. The number of hydrogen-bond donors (Lipinski definition) is 1. The molecule has 4 rings (SSSR count). The first-order valence-electron chi connectivity index (χ1n) is 9.54. The molecule has 1 aliphatic heterocycles. The maximum atomic E-state index is 13.0. The Morgan fingerprint density at radius 1 is 1.17 bits per heavy atom. The molecule has 1 amide bonds. The molecule has 2 N–H and O–H groups in total. The number of benzene rings is 1. The standard InChI is InChI=1S/C21H22N6O2/c1-14-17(12-25-21(22)26-14)20(28)27-11-5-6-15(13-27)18-19(24-10-9-23-18)29-16-7-3-2-4-8-16/h2-4,7-10,12,15H,5-6,11,13H2,1H3,(H2,22,25,26)/t15-/m1/s1. The molecule has 8 heteroatoms. The topological polar surface area (TPSA) is 107 Å². The number of nitrogens with zero attached hydrogens (tertiary/aromatic N) is 5. The third-order valence-corrected chi connectivity index (χ3v) is 4.97. The van der Waals surface area contributed by atoms with Crippen LogP contribution in [0.1, 0.15) is 40.5 Å². The maximum absolute atomic E-state index is 13.0. The van der Waals surface area contributed by atoms with Crippen LogP contribution in [-0.2, 0) is 0 Å².